The Bertz CT molecular complexity index is 527. The summed E-state index contributed by atoms with van der Waals surface area (Å²) in [6.07, 6.45) is -0.533. The zero-order valence-corrected chi connectivity index (χ0v) is 11.6. The van der Waals surface area contributed by atoms with Crippen molar-refractivity contribution in [3.05, 3.63) is 33.9 Å². The zero-order chi connectivity index (χ0) is 15.5. The average molecular weight is 282 g/mol. The maximum atomic E-state index is 11.0. The number of carboxylic acid groups (broad SMARTS) is 1. The summed E-state index contributed by atoms with van der Waals surface area (Å²) in [6, 6.07) is 4.59. The topological polar surface area (TPSA) is 116 Å². The molecule has 0 amide bonds. The standard InChI is InChI=1S/C13H18N2O5/c1-8-5-4-6-10(15(18)19)11(8)20-9(2)7-13(3,14)12(16)17/h4-6,9H,7,14H2,1-3H3,(H,16,17). The van der Waals surface area contributed by atoms with Gasteiger partial charge in [-0.3, -0.25) is 14.9 Å². The summed E-state index contributed by atoms with van der Waals surface area (Å²) >= 11 is 0. The summed E-state index contributed by atoms with van der Waals surface area (Å²) in [4.78, 5) is 21.4. The van der Waals surface area contributed by atoms with Crippen LogP contribution in [0, 0.1) is 17.0 Å². The lowest BCUT2D eigenvalue weighted by atomic mass is 9.96. The highest BCUT2D eigenvalue weighted by Gasteiger charge is 2.31. The molecule has 0 spiro atoms. The van der Waals surface area contributed by atoms with E-state index in [2.05, 4.69) is 0 Å². The Morgan fingerprint density at radius 2 is 2.20 bits per heavy atom. The summed E-state index contributed by atoms with van der Waals surface area (Å²) in [5.74, 6) is -1.00. The van der Waals surface area contributed by atoms with Crippen LogP contribution in [-0.2, 0) is 4.79 Å². The van der Waals surface area contributed by atoms with E-state index < -0.39 is 22.5 Å². The Morgan fingerprint density at radius 3 is 2.70 bits per heavy atom. The van der Waals surface area contributed by atoms with E-state index >= 15 is 0 Å². The number of hydrogen-bond acceptors (Lipinski definition) is 5. The first-order valence-corrected chi connectivity index (χ1v) is 6.08. The van der Waals surface area contributed by atoms with Crippen molar-refractivity contribution in [2.75, 3.05) is 0 Å². The first kappa shape index (κ1) is 15.9. The van der Waals surface area contributed by atoms with Crippen molar-refractivity contribution in [1.82, 2.24) is 0 Å². The van der Waals surface area contributed by atoms with Gasteiger partial charge in [-0.1, -0.05) is 12.1 Å². The van der Waals surface area contributed by atoms with E-state index in [-0.39, 0.29) is 17.9 Å². The van der Waals surface area contributed by atoms with Gasteiger partial charge in [0, 0.05) is 12.5 Å². The van der Waals surface area contributed by atoms with E-state index in [0.29, 0.717) is 5.56 Å². The molecule has 7 heteroatoms. The second kappa shape index (κ2) is 5.87. The normalized spacial score (nSPS) is 15.2. The van der Waals surface area contributed by atoms with Crippen LogP contribution < -0.4 is 10.5 Å². The molecule has 7 nitrogen and oxygen atoms in total. The molecule has 0 radical (unpaired) electrons. The summed E-state index contributed by atoms with van der Waals surface area (Å²) in [5, 5.41) is 19.9. The predicted molar refractivity (Wildman–Crippen MR) is 72.8 cm³/mol. The van der Waals surface area contributed by atoms with Crippen LogP contribution in [0.15, 0.2) is 18.2 Å². The number of rotatable bonds is 6. The fourth-order valence-electron chi connectivity index (χ4n) is 1.86. The molecule has 0 fully saturated rings. The van der Waals surface area contributed by atoms with Gasteiger partial charge in [0.25, 0.3) is 0 Å². The molecule has 0 aliphatic rings. The highest BCUT2D eigenvalue weighted by Crippen LogP contribution is 2.32. The van der Waals surface area contributed by atoms with Crippen molar-refractivity contribution in [2.24, 2.45) is 5.73 Å². The second-order valence-electron chi connectivity index (χ2n) is 5.04. The first-order valence-electron chi connectivity index (χ1n) is 6.08. The Balaban J connectivity index is 2.94. The molecular weight excluding hydrogens is 264 g/mol. The van der Waals surface area contributed by atoms with Crippen molar-refractivity contribution >= 4 is 11.7 Å². The van der Waals surface area contributed by atoms with E-state index in [9.17, 15) is 14.9 Å². The van der Waals surface area contributed by atoms with Crippen LogP contribution in [0.4, 0.5) is 5.69 Å². The van der Waals surface area contributed by atoms with Crippen molar-refractivity contribution in [2.45, 2.75) is 38.8 Å². The molecule has 0 aliphatic carbocycles. The molecule has 0 saturated heterocycles. The number of aliphatic carboxylic acids is 1. The molecule has 20 heavy (non-hydrogen) atoms. The lowest BCUT2D eigenvalue weighted by Crippen LogP contribution is -2.47. The van der Waals surface area contributed by atoms with E-state index in [4.69, 9.17) is 15.6 Å². The van der Waals surface area contributed by atoms with E-state index in [1.54, 1.807) is 26.0 Å². The maximum absolute atomic E-state index is 11.0. The Hall–Kier alpha value is -2.15. The highest BCUT2D eigenvalue weighted by atomic mass is 16.6. The minimum atomic E-state index is -1.45. The lowest BCUT2D eigenvalue weighted by Gasteiger charge is -2.24. The van der Waals surface area contributed by atoms with Gasteiger partial charge in [0.2, 0.25) is 0 Å². The number of nitro groups is 1. The molecule has 1 aromatic rings. The molecule has 2 unspecified atom stereocenters. The molecule has 3 N–H and O–H groups in total. The predicted octanol–water partition coefficient (Wildman–Crippen LogP) is 1.86. The summed E-state index contributed by atoms with van der Waals surface area (Å²) in [7, 11) is 0. The van der Waals surface area contributed by atoms with E-state index in [1.807, 2.05) is 0 Å². The van der Waals surface area contributed by atoms with Crippen LogP contribution in [0.5, 0.6) is 5.75 Å². The third-order valence-electron chi connectivity index (χ3n) is 2.91. The number of ether oxygens (including phenoxy) is 1. The number of carbonyl (C=O) groups is 1. The van der Waals surface area contributed by atoms with Gasteiger partial charge in [-0.05, 0) is 26.3 Å². The van der Waals surface area contributed by atoms with Gasteiger partial charge in [0.1, 0.15) is 5.54 Å². The molecule has 0 aliphatic heterocycles. The smallest absolute Gasteiger partial charge is 0.323 e. The van der Waals surface area contributed by atoms with Crippen LogP contribution in [0.1, 0.15) is 25.8 Å². The Morgan fingerprint density at radius 1 is 1.60 bits per heavy atom. The fourth-order valence-corrected chi connectivity index (χ4v) is 1.86. The van der Waals surface area contributed by atoms with Crippen LogP contribution in [-0.4, -0.2) is 27.6 Å². The SMILES string of the molecule is Cc1cccc([N+](=O)[O-])c1OC(C)CC(C)(N)C(=O)O. The molecular formula is C13H18N2O5. The third-order valence-corrected chi connectivity index (χ3v) is 2.91. The molecule has 110 valence electrons. The van der Waals surface area contributed by atoms with Gasteiger partial charge in [0.15, 0.2) is 5.75 Å². The molecule has 2 atom stereocenters. The number of para-hydroxylation sites is 1. The van der Waals surface area contributed by atoms with E-state index in [1.165, 1.54) is 13.0 Å². The third kappa shape index (κ3) is 3.67. The van der Waals surface area contributed by atoms with Crippen LogP contribution in [0.3, 0.4) is 0 Å². The number of nitrogens with two attached hydrogens (primary N) is 1. The summed E-state index contributed by atoms with van der Waals surface area (Å²) < 4.78 is 5.54. The Labute approximate surface area is 116 Å². The maximum Gasteiger partial charge on any atom is 0.323 e. The van der Waals surface area contributed by atoms with Crippen molar-refractivity contribution in [3.8, 4) is 5.75 Å². The van der Waals surface area contributed by atoms with E-state index in [0.717, 1.165) is 0 Å². The second-order valence-corrected chi connectivity index (χ2v) is 5.04. The highest BCUT2D eigenvalue weighted by molar-refractivity contribution is 5.77. The van der Waals surface area contributed by atoms with Crippen LogP contribution >= 0.6 is 0 Å². The summed E-state index contributed by atoms with van der Waals surface area (Å²) in [5.41, 5.74) is 4.65. The van der Waals surface area contributed by atoms with Crippen LogP contribution in [0.25, 0.3) is 0 Å². The molecule has 0 saturated carbocycles. The quantitative estimate of drug-likeness (QED) is 0.607. The monoisotopic (exact) mass is 282 g/mol. The van der Waals surface area contributed by atoms with Gasteiger partial charge in [-0.15, -0.1) is 0 Å². The molecule has 0 bridgehead atoms. The zero-order valence-electron chi connectivity index (χ0n) is 11.6. The van der Waals surface area contributed by atoms with Gasteiger partial charge >= 0.3 is 11.7 Å². The van der Waals surface area contributed by atoms with Gasteiger partial charge < -0.3 is 15.6 Å². The summed E-state index contributed by atoms with van der Waals surface area (Å²) in [6.45, 7) is 4.69. The van der Waals surface area contributed by atoms with Gasteiger partial charge in [-0.2, -0.15) is 0 Å². The number of nitro benzene ring substituents is 1. The number of nitrogens with zero attached hydrogens (tertiary/aromatic N) is 1. The minimum absolute atomic E-state index is 0.0355. The number of carboxylic acids is 1. The fraction of sp³-hybridized carbons (Fsp3) is 0.462. The lowest BCUT2D eigenvalue weighted by molar-refractivity contribution is -0.386. The molecule has 1 aromatic carbocycles. The van der Waals surface area contributed by atoms with Crippen molar-refractivity contribution in [3.63, 3.8) is 0 Å². The number of aryl methyl sites for hydroxylation is 1. The molecule has 0 heterocycles. The van der Waals surface area contributed by atoms with Gasteiger partial charge in [0.05, 0.1) is 11.0 Å². The largest absolute Gasteiger partial charge is 0.484 e. The Kier molecular flexibility index (Phi) is 4.67. The number of hydrogen-bond donors (Lipinski definition) is 2. The first-order chi connectivity index (χ1) is 9.15. The average Bonchev–Trinajstić information content (AvgIpc) is 2.30. The molecule has 0 aromatic heterocycles. The van der Waals surface area contributed by atoms with Gasteiger partial charge in [-0.25, -0.2) is 0 Å². The number of benzene rings is 1. The van der Waals surface area contributed by atoms with Crippen molar-refractivity contribution < 1.29 is 19.6 Å². The van der Waals surface area contributed by atoms with Crippen molar-refractivity contribution in [1.29, 1.82) is 0 Å². The molecule has 1 rings (SSSR count). The minimum Gasteiger partial charge on any atom is -0.484 e. The van der Waals surface area contributed by atoms with Crippen LogP contribution in [0.2, 0.25) is 0 Å².